The maximum atomic E-state index is 12.5. The number of hydrogen-bond acceptors (Lipinski definition) is 3. The number of hydrogen-bond donors (Lipinski definition) is 0. The minimum absolute atomic E-state index is 0.228. The summed E-state index contributed by atoms with van der Waals surface area (Å²) < 4.78 is 0. The Hall–Kier alpha value is -1.39. The Morgan fingerprint density at radius 3 is 2.41 bits per heavy atom. The lowest BCUT2D eigenvalue weighted by atomic mass is 10.2. The highest BCUT2D eigenvalue weighted by atomic mass is 16.2. The van der Waals surface area contributed by atoms with Crippen LogP contribution in [0.3, 0.4) is 0 Å². The van der Waals surface area contributed by atoms with E-state index < -0.39 is 0 Å². The molecule has 1 aromatic rings. The van der Waals surface area contributed by atoms with Crippen molar-refractivity contribution in [1.29, 1.82) is 0 Å². The van der Waals surface area contributed by atoms with Crippen LogP contribution in [0.1, 0.15) is 25.8 Å². The van der Waals surface area contributed by atoms with E-state index >= 15 is 0 Å². The zero-order chi connectivity index (χ0) is 15.9. The van der Waals surface area contributed by atoms with Gasteiger partial charge in [0.25, 0.3) is 0 Å². The number of aryl methyl sites for hydroxylation is 1. The number of rotatable bonds is 6. The molecule has 0 spiro atoms. The number of nitrogens with zero attached hydrogens (tertiary/aromatic N) is 3. The van der Waals surface area contributed by atoms with Crippen LogP contribution in [0.2, 0.25) is 0 Å². The lowest BCUT2D eigenvalue weighted by molar-refractivity contribution is -0.119. The molecule has 1 heterocycles. The normalized spacial score (nSPS) is 16.7. The SMILES string of the molecule is CCN1CCN(CCC(=O)N(CC)c2cccc(C)c2)CC1. The van der Waals surface area contributed by atoms with E-state index in [1.165, 1.54) is 5.56 Å². The maximum Gasteiger partial charge on any atom is 0.228 e. The van der Waals surface area contributed by atoms with Gasteiger partial charge >= 0.3 is 0 Å². The molecule has 0 atom stereocenters. The van der Waals surface area contributed by atoms with Crippen molar-refractivity contribution in [2.75, 3.05) is 50.7 Å². The van der Waals surface area contributed by atoms with E-state index in [0.717, 1.165) is 51.5 Å². The zero-order valence-corrected chi connectivity index (χ0v) is 14.2. The van der Waals surface area contributed by atoms with Gasteiger partial charge in [0.2, 0.25) is 5.91 Å². The molecule has 4 heteroatoms. The Labute approximate surface area is 134 Å². The van der Waals surface area contributed by atoms with Crippen molar-refractivity contribution in [1.82, 2.24) is 9.80 Å². The number of carbonyl (C=O) groups is 1. The molecule has 0 aliphatic carbocycles. The van der Waals surface area contributed by atoms with Crippen LogP contribution in [0.4, 0.5) is 5.69 Å². The second-order valence-electron chi connectivity index (χ2n) is 6.00. The van der Waals surface area contributed by atoms with E-state index in [1.54, 1.807) is 0 Å². The van der Waals surface area contributed by atoms with Gasteiger partial charge in [-0.15, -0.1) is 0 Å². The predicted octanol–water partition coefficient (Wildman–Crippen LogP) is 2.38. The number of amides is 1. The topological polar surface area (TPSA) is 26.8 Å². The Bertz CT molecular complexity index is 481. The fourth-order valence-electron chi connectivity index (χ4n) is 3.02. The standard InChI is InChI=1S/C18H29N3O/c1-4-19-11-13-20(14-12-19)10-9-18(22)21(5-2)17-8-6-7-16(3)15-17/h6-8,15H,4-5,9-14H2,1-3H3. The number of carbonyl (C=O) groups excluding carboxylic acids is 1. The van der Waals surface area contributed by atoms with Gasteiger partial charge in [0.05, 0.1) is 0 Å². The average Bonchev–Trinajstić information content (AvgIpc) is 2.54. The van der Waals surface area contributed by atoms with Gasteiger partial charge in [0.1, 0.15) is 0 Å². The summed E-state index contributed by atoms with van der Waals surface area (Å²) in [4.78, 5) is 19.3. The van der Waals surface area contributed by atoms with Gasteiger partial charge in [0.15, 0.2) is 0 Å². The molecule has 0 unspecified atom stereocenters. The van der Waals surface area contributed by atoms with Crippen molar-refractivity contribution in [2.45, 2.75) is 27.2 Å². The van der Waals surface area contributed by atoms with Crippen LogP contribution < -0.4 is 4.90 Å². The molecule has 1 aromatic carbocycles. The molecule has 0 radical (unpaired) electrons. The third kappa shape index (κ3) is 4.55. The first-order valence-corrected chi connectivity index (χ1v) is 8.45. The highest BCUT2D eigenvalue weighted by molar-refractivity contribution is 5.93. The zero-order valence-electron chi connectivity index (χ0n) is 14.2. The van der Waals surface area contributed by atoms with Gasteiger partial charge < -0.3 is 14.7 Å². The van der Waals surface area contributed by atoms with Crippen LogP contribution in [0.25, 0.3) is 0 Å². The van der Waals surface area contributed by atoms with Crippen LogP contribution in [-0.4, -0.2) is 61.5 Å². The van der Waals surface area contributed by atoms with Gasteiger partial charge in [-0.3, -0.25) is 4.79 Å². The third-order valence-electron chi connectivity index (χ3n) is 4.48. The maximum absolute atomic E-state index is 12.5. The number of likely N-dealkylation sites (N-methyl/N-ethyl adjacent to an activating group) is 1. The summed E-state index contributed by atoms with van der Waals surface area (Å²) in [6.07, 6.45) is 0.605. The molecular formula is C18H29N3O. The van der Waals surface area contributed by atoms with Gasteiger partial charge in [-0.05, 0) is 38.1 Å². The molecule has 0 bridgehead atoms. The minimum atomic E-state index is 0.228. The monoisotopic (exact) mass is 303 g/mol. The molecule has 2 rings (SSSR count). The second-order valence-corrected chi connectivity index (χ2v) is 6.00. The molecule has 1 fully saturated rings. The predicted molar refractivity (Wildman–Crippen MR) is 92.4 cm³/mol. The van der Waals surface area contributed by atoms with Crippen molar-refractivity contribution < 1.29 is 4.79 Å². The quantitative estimate of drug-likeness (QED) is 0.807. The highest BCUT2D eigenvalue weighted by Gasteiger charge is 2.18. The smallest absolute Gasteiger partial charge is 0.228 e. The van der Waals surface area contributed by atoms with E-state index in [0.29, 0.717) is 6.42 Å². The molecule has 1 saturated heterocycles. The van der Waals surface area contributed by atoms with Gasteiger partial charge in [0, 0.05) is 51.4 Å². The van der Waals surface area contributed by atoms with Crippen LogP contribution in [-0.2, 0) is 4.79 Å². The summed E-state index contributed by atoms with van der Waals surface area (Å²) >= 11 is 0. The van der Waals surface area contributed by atoms with Gasteiger partial charge in [-0.1, -0.05) is 19.1 Å². The van der Waals surface area contributed by atoms with Crippen molar-refractivity contribution in [2.24, 2.45) is 0 Å². The first-order valence-electron chi connectivity index (χ1n) is 8.45. The van der Waals surface area contributed by atoms with Crippen LogP contribution in [0.5, 0.6) is 0 Å². The Morgan fingerprint density at radius 1 is 1.14 bits per heavy atom. The molecular weight excluding hydrogens is 274 g/mol. The molecule has 1 aliphatic heterocycles. The van der Waals surface area contributed by atoms with Crippen molar-refractivity contribution in [3.8, 4) is 0 Å². The van der Waals surface area contributed by atoms with Gasteiger partial charge in [-0.25, -0.2) is 0 Å². The Morgan fingerprint density at radius 2 is 1.82 bits per heavy atom. The number of piperazine rings is 1. The molecule has 1 amide bonds. The lowest BCUT2D eigenvalue weighted by Gasteiger charge is -2.34. The molecule has 1 aliphatic rings. The molecule has 122 valence electrons. The average molecular weight is 303 g/mol. The Balaban J connectivity index is 1.85. The first kappa shape index (κ1) is 17.0. The summed E-state index contributed by atoms with van der Waals surface area (Å²) in [6, 6.07) is 8.19. The van der Waals surface area contributed by atoms with E-state index in [4.69, 9.17) is 0 Å². The third-order valence-corrected chi connectivity index (χ3v) is 4.48. The largest absolute Gasteiger partial charge is 0.313 e. The van der Waals surface area contributed by atoms with E-state index in [9.17, 15) is 4.79 Å². The fraction of sp³-hybridized carbons (Fsp3) is 0.611. The van der Waals surface area contributed by atoms with E-state index in [2.05, 4.69) is 35.8 Å². The van der Waals surface area contributed by atoms with E-state index in [1.807, 2.05) is 24.0 Å². The fourth-order valence-corrected chi connectivity index (χ4v) is 3.02. The number of anilines is 1. The highest BCUT2D eigenvalue weighted by Crippen LogP contribution is 2.17. The Kier molecular flexibility index (Phi) is 6.40. The summed E-state index contributed by atoms with van der Waals surface area (Å²) in [5.41, 5.74) is 2.21. The van der Waals surface area contributed by atoms with Crippen molar-refractivity contribution in [3.05, 3.63) is 29.8 Å². The second kappa shape index (κ2) is 8.30. The molecule has 4 nitrogen and oxygen atoms in total. The molecule has 0 aromatic heterocycles. The minimum Gasteiger partial charge on any atom is -0.313 e. The summed E-state index contributed by atoms with van der Waals surface area (Å²) in [5, 5.41) is 0. The summed E-state index contributed by atoms with van der Waals surface area (Å²) in [5.74, 6) is 0.228. The lowest BCUT2D eigenvalue weighted by Crippen LogP contribution is -2.47. The van der Waals surface area contributed by atoms with E-state index in [-0.39, 0.29) is 5.91 Å². The first-order chi connectivity index (χ1) is 10.6. The van der Waals surface area contributed by atoms with Crippen molar-refractivity contribution >= 4 is 11.6 Å². The van der Waals surface area contributed by atoms with Crippen molar-refractivity contribution in [3.63, 3.8) is 0 Å². The molecule has 0 saturated carbocycles. The summed E-state index contributed by atoms with van der Waals surface area (Å²) in [7, 11) is 0. The molecule has 22 heavy (non-hydrogen) atoms. The number of benzene rings is 1. The van der Waals surface area contributed by atoms with Crippen LogP contribution >= 0.6 is 0 Å². The van der Waals surface area contributed by atoms with Gasteiger partial charge in [-0.2, -0.15) is 0 Å². The van der Waals surface area contributed by atoms with Crippen LogP contribution in [0.15, 0.2) is 24.3 Å². The molecule has 0 N–H and O–H groups in total. The summed E-state index contributed by atoms with van der Waals surface area (Å²) in [6.45, 7) is 13.5. The van der Waals surface area contributed by atoms with Crippen LogP contribution in [0, 0.1) is 6.92 Å².